The lowest BCUT2D eigenvalue weighted by Gasteiger charge is -2.25. The molecule has 3 nitrogen and oxygen atoms in total. The Bertz CT molecular complexity index is 560. The lowest BCUT2D eigenvalue weighted by atomic mass is 9.93. The van der Waals surface area contributed by atoms with Gasteiger partial charge >= 0.3 is 6.18 Å². The van der Waals surface area contributed by atoms with Gasteiger partial charge < -0.3 is 5.32 Å². The smallest absolute Gasteiger partial charge is 0.353 e. The minimum Gasteiger partial charge on any atom is -0.353 e. The molecule has 140 valence electrons. The third-order valence-electron chi connectivity index (χ3n) is 4.97. The van der Waals surface area contributed by atoms with Gasteiger partial charge in [0, 0.05) is 25.7 Å². The molecule has 6 heteroatoms. The minimum atomic E-state index is -4.37. The summed E-state index contributed by atoms with van der Waals surface area (Å²) in [6, 6.07) is 9.30. The molecule has 1 N–H and O–H groups in total. The number of rotatable bonds is 6. The van der Waals surface area contributed by atoms with Crippen LogP contribution in [-0.2, 0) is 11.3 Å². The maximum atomic E-state index is 13.5. The molecule has 25 heavy (non-hydrogen) atoms. The fraction of sp³-hybridized carbons (Fsp3) is 0.632. The fourth-order valence-electron chi connectivity index (χ4n) is 3.48. The molecule has 1 aliphatic rings. The van der Waals surface area contributed by atoms with Crippen LogP contribution in [0.4, 0.5) is 13.2 Å². The van der Waals surface area contributed by atoms with Gasteiger partial charge in [-0.15, -0.1) is 0 Å². The predicted octanol–water partition coefficient (Wildman–Crippen LogP) is 3.85. The summed E-state index contributed by atoms with van der Waals surface area (Å²) in [7, 11) is 0. The molecular weight excluding hydrogens is 329 g/mol. The van der Waals surface area contributed by atoms with Crippen LogP contribution in [0.25, 0.3) is 0 Å². The molecule has 3 atom stereocenters. The maximum absolute atomic E-state index is 13.5. The quantitative estimate of drug-likeness (QED) is 0.840. The highest BCUT2D eigenvalue weighted by atomic mass is 19.4. The van der Waals surface area contributed by atoms with E-state index in [1.807, 2.05) is 51.1 Å². The van der Waals surface area contributed by atoms with Gasteiger partial charge in [0.15, 0.2) is 0 Å². The summed E-state index contributed by atoms with van der Waals surface area (Å²) in [6.45, 7) is 6.30. The first-order chi connectivity index (χ1) is 11.7. The van der Waals surface area contributed by atoms with Crippen molar-refractivity contribution in [2.24, 2.45) is 17.8 Å². The highest BCUT2D eigenvalue weighted by Gasteiger charge is 2.52. The lowest BCUT2D eigenvalue weighted by Crippen LogP contribution is -2.45. The second-order valence-electron chi connectivity index (χ2n) is 7.20. The van der Waals surface area contributed by atoms with Crippen molar-refractivity contribution in [3.05, 3.63) is 35.9 Å². The van der Waals surface area contributed by atoms with Crippen LogP contribution in [0.15, 0.2) is 30.3 Å². The Balaban J connectivity index is 2.09. The van der Waals surface area contributed by atoms with Crippen molar-refractivity contribution in [1.82, 2.24) is 10.2 Å². The number of alkyl halides is 3. The van der Waals surface area contributed by atoms with Crippen LogP contribution in [0, 0.1) is 17.8 Å². The van der Waals surface area contributed by atoms with Crippen molar-refractivity contribution in [2.45, 2.75) is 46.0 Å². The van der Waals surface area contributed by atoms with E-state index < -0.39 is 23.9 Å². The third kappa shape index (κ3) is 5.21. The number of carbonyl (C=O) groups excluding carboxylic acids is 1. The van der Waals surface area contributed by atoms with Gasteiger partial charge in [0.1, 0.15) is 0 Å². The Hall–Kier alpha value is -1.56. The van der Waals surface area contributed by atoms with E-state index in [4.69, 9.17) is 0 Å². The molecule has 0 aromatic heterocycles. The molecule has 0 bridgehead atoms. The van der Waals surface area contributed by atoms with Crippen molar-refractivity contribution in [3.63, 3.8) is 0 Å². The molecule has 0 aliphatic carbocycles. The Morgan fingerprint density at radius 3 is 2.40 bits per heavy atom. The molecule has 3 unspecified atom stereocenters. The zero-order valence-electron chi connectivity index (χ0n) is 15.0. The van der Waals surface area contributed by atoms with E-state index in [0.717, 1.165) is 5.56 Å². The lowest BCUT2D eigenvalue weighted by molar-refractivity contribution is -0.183. The number of amides is 1. The summed E-state index contributed by atoms with van der Waals surface area (Å²) >= 11 is 0. The number of halogens is 3. The molecule has 0 saturated carbocycles. The van der Waals surface area contributed by atoms with Gasteiger partial charge in [0.25, 0.3) is 0 Å². The molecule has 1 saturated heterocycles. The molecule has 1 aromatic carbocycles. The zero-order valence-corrected chi connectivity index (χ0v) is 15.0. The summed E-state index contributed by atoms with van der Waals surface area (Å²) < 4.78 is 40.4. The fourth-order valence-corrected chi connectivity index (χ4v) is 3.48. The van der Waals surface area contributed by atoms with Gasteiger partial charge in [-0.05, 0) is 17.9 Å². The van der Waals surface area contributed by atoms with E-state index in [2.05, 4.69) is 5.32 Å². The van der Waals surface area contributed by atoms with Crippen molar-refractivity contribution >= 4 is 5.91 Å². The molecular formula is C19H27F3N2O. The standard InChI is InChI=1S/C19H27F3N2O/c1-4-17(13(2)3)23-18(25)15-11-24(12-16(15)19(20,21)22)10-14-8-6-5-7-9-14/h5-9,13,15-17H,4,10-12H2,1-3H3,(H,23,25). The predicted molar refractivity (Wildman–Crippen MR) is 91.8 cm³/mol. The van der Waals surface area contributed by atoms with Gasteiger partial charge in [-0.2, -0.15) is 13.2 Å². The minimum absolute atomic E-state index is 0.0930. The van der Waals surface area contributed by atoms with E-state index in [9.17, 15) is 18.0 Å². The zero-order chi connectivity index (χ0) is 18.6. The van der Waals surface area contributed by atoms with E-state index in [1.165, 1.54) is 0 Å². The van der Waals surface area contributed by atoms with Crippen molar-refractivity contribution in [3.8, 4) is 0 Å². The molecule has 1 aromatic rings. The van der Waals surface area contributed by atoms with Crippen LogP contribution < -0.4 is 5.32 Å². The van der Waals surface area contributed by atoms with Crippen molar-refractivity contribution in [2.75, 3.05) is 13.1 Å². The Labute approximate surface area is 147 Å². The van der Waals surface area contributed by atoms with Gasteiger partial charge in [-0.3, -0.25) is 9.69 Å². The van der Waals surface area contributed by atoms with Gasteiger partial charge in [-0.1, -0.05) is 51.1 Å². The summed E-state index contributed by atoms with van der Waals surface area (Å²) in [6.07, 6.45) is -3.66. The van der Waals surface area contributed by atoms with Gasteiger partial charge in [0.2, 0.25) is 5.91 Å². The van der Waals surface area contributed by atoms with E-state index in [-0.39, 0.29) is 25.0 Å². The first kappa shape index (κ1) is 19.8. The normalized spacial score (nSPS) is 23.0. The molecule has 2 rings (SSSR count). The molecule has 0 radical (unpaired) electrons. The second kappa shape index (κ2) is 8.21. The number of hydrogen-bond acceptors (Lipinski definition) is 2. The number of carbonyl (C=O) groups is 1. The van der Waals surface area contributed by atoms with Crippen LogP contribution >= 0.6 is 0 Å². The SMILES string of the molecule is CCC(NC(=O)C1CN(Cc2ccccc2)CC1C(F)(F)F)C(C)C. The number of nitrogens with zero attached hydrogens (tertiary/aromatic N) is 1. The van der Waals surface area contributed by atoms with E-state index in [1.54, 1.807) is 4.90 Å². The van der Waals surface area contributed by atoms with E-state index >= 15 is 0 Å². The van der Waals surface area contributed by atoms with Crippen LogP contribution in [-0.4, -0.2) is 36.1 Å². The highest BCUT2D eigenvalue weighted by molar-refractivity contribution is 5.80. The number of likely N-dealkylation sites (tertiary alicyclic amines) is 1. The maximum Gasteiger partial charge on any atom is 0.393 e. The number of hydrogen-bond donors (Lipinski definition) is 1. The average molecular weight is 356 g/mol. The Morgan fingerprint density at radius 1 is 1.24 bits per heavy atom. The number of benzene rings is 1. The van der Waals surface area contributed by atoms with Crippen LogP contribution in [0.5, 0.6) is 0 Å². The monoisotopic (exact) mass is 356 g/mol. The molecule has 1 heterocycles. The van der Waals surface area contributed by atoms with Gasteiger partial charge in [0.05, 0.1) is 11.8 Å². The van der Waals surface area contributed by atoms with Crippen LogP contribution in [0.1, 0.15) is 32.8 Å². The topological polar surface area (TPSA) is 32.3 Å². The third-order valence-corrected chi connectivity index (χ3v) is 4.97. The van der Waals surface area contributed by atoms with Crippen molar-refractivity contribution < 1.29 is 18.0 Å². The average Bonchev–Trinajstić information content (AvgIpc) is 2.97. The molecule has 1 fully saturated rings. The molecule has 0 spiro atoms. The highest BCUT2D eigenvalue weighted by Crippen LogP contribution is 2.38. The van der Waals surface area contributed by atoms with Crippen LogP contribution in [0.2, 0.25) is 0 Å². The summed E-state index contributed by atoms with van der Waals surface area (Å²) in [4.78, 5) is 14.3. The Kier molecular flexibility index (Phi) is 6.49. The van der Waals surface area contributed by atoms with Gasteiger partial charge in [-0.25, -0.2) is 0 Å². The summed E-state index contributed by atoms with van der Waals surface area (Å²) in [5, 5.41) is 2.83. The molecule has 1 amide bonds. The summed E-state index contributed by atoms with van der Waals surface area (Å²) in [5.74, 6) is -2.93. The molecule has 1 aliphatic heterocycles. The second-order valence-corrected chi connectivity index (χ2v) is 7.20. The van der Waals surface area contributed by atoms with Crippen LogP contribution in [0.3, 0.4) is 0 Å². The van der Waals surface area contributed by atoms with Crippen molar-refractivity contribution in [1.29, 1.82) is 0 Å². The first-order valence-corrected chi connectivity index (χ1v) is 8.85. The largest absolute Gasteiger partial charge is 0.393 e. The first-order valence-electron chi connectivity index (χ1n) is 8.85. The Morgan fingerprint density at radius 2 is 1.88 bits per heavy atom. The van der Waals surface area contributed by atoms with E-state index in [0.29, 0.717) is 13.0 Å². The number of nitrogens with one attached hydrogen (secondary N) is 1. The summed E-state index contributed by atoms with van der Waals surface area (Å²) in [5.41, 5.74) is 0.957.